The van der Waals surface area contributed by atoms with Crippen molar-refractivity contribution in [1.82, 2.24) is 9.78 Å². The van der Waals surface area contributed by atoms with Crippen LogP contribution >= 0.6 is 0 Å². The van der Waals surface area contributed by atoms with Gasteiger partial charge in [-0.2, -0.15) is 5.10 Å². The van der Waals surface area contributed by atoms with Crippen LogP contribution in [0.4, 0.5) is 0 Å². The molecule has 0 aliphatic rings. The van der Waals surface area contributed by atoms with Crippen LogP contribution in [0.5, 0.6) is 5.75 Å². The zero-order valence-corrected chi connectivity index (χ0v) is 11.9. The number of aromatic nitrogens is 2. The topological polar surface area (TPSA) is 81.4 Å². The van der Waals surface area contributed by atoms with Crippen LogP contribution < -0.4 is 10.3 Å². The molecular formula is C15H16N2O4. The van der Waals surface area contributed by atoms with Crippen molar-refractivity contribution in [1.29, 1.82) is 0 Å². The minimum Gasteiger partial charge on any atom is -0.493 e. The van der Waals surface area contributed by atoms with Crippen LogP contribution in [0.2, 0.25) is 0 Å². The first-order valence-electron chi connectivity index (χ1n) is 6.58. The van der Waals surface area contributed by atoms with Crippen LogP contribution in [-0.2, 0) is 7.05 Å². The monoisotopic (exact) mass is 288 g/mol. The summed E-state index contributed by atoms with van der Waals surface area (Å²) in [6.45, 7) is 2.55. The Kier molecular flexibility index (Phi) is 4.37. The normalized spacial score (nSPS) is 10.4. The summed E-state index contributed by atoms with van der Waals surface area (Å²) in [5.74, 6) is -0.659. The molecular weight excluding hydrogens is 272 g/mol. The van der Waals surface area contributed by atoms with Gasteiger partial charge in [0.25, 0.3) is 5.56 Å². The molecule has 6 nitrogen and oxygen atoms in total. The third kappa shape index (κ3) is 3.10. The van der Waals surface area contributed by atoms with Gasteiger partial charge in [0.1, 0.15) is 11.3 Å². The Morgan fingerprint density at radius 3 is 2.76 bits per heavy atom. The molecule has 2 aromatic rings. The van der Waals surface area contributed by atoms with Gasteiger partial charge < -0.3 is 9.84 Å². The minimum absolute atomic E-state index is 0.312. The van der Waals surface area contributed by atoms with Crippen molar-refractivity contribution in [3.05, 3.63) is 46.2 Å². The van der Waals surface area contributed by atoms with Gasteiger partial charge >= 0.3 is 5.97 Å². The predicted octanol–water partition coefficient (Wildman–Crippen LogP) is 1.93. The first kappa shape index (κ1) is 14.8. The van der Waals surface area contributed by atoms with E-state index in [2.05, 4.69) is 5.10 Å². The first-order valence-corrected chi connectivity index (χ1v) is 6.58. The molecule has 0 radical (unpaired) electrons. The molecule has 0 saturated carbocycles. The molecule has 1 aromatic carbocycles. The molecule has 21 heavy (non-hydrogen) atoms. The molecule has 0 atom stereocenters. The maximum absolute atomic E-state index is 11.7. The van der Waals surface area contributed by atoms with Crippen molar-refractivity contribution >= 4 is 5.97 Å². The van der Waals surface area contributed by atoms with Crippen molar-refractivity contribution in [3.8, 4) is 17.0 Å². The Labute approximate surface area is 121 Å². The van der Waals surface area contributed by atoms with Gasteiger partial charge in [-0.15, -0.1) is 0 Å². The van der Waals surface area contributed by atoms with E-state index in [0.717, 1.165) is 11.1 Å². The fraction of sp³-hybridized carbons (Fsp3) is 0.267. The van der Waals surface area contributed by atoms with E-state index >= 15 is 0 Å². The van der Waals surface area contributed by atoms with Crippen LogP contribution in [0.1, 0.15) is 23.7 Å². The van der Waals surface area contributed by atoms with Crippen LogP contribution in [0.25, 0.3) is 11.3 Å². The third-order valence-electron chi connectivity index (χ3n) is 2.92. The summed E-state index contributed by atoms with van der Waals surface area (Å²) in [6.07, 6.45) is 0.857. The summed E-state index contributed by atoms with van der Waals surface area (Å²) >= 11 is 0. The van der Waals surface area contributed by atoms with Gasteiger partial charge in [0.2, 0.25) is 0 Å². The molecule has 0 bridgehead atoms. The Hall–Kier alpha value is -2.63. The number of carboxylic acids is 1. The van der Waals surface area contributed by atoms with E-state index in [1.54, 1.807) is 18.2 Å². The number of ether oxygens (including phenoxy) is 1. The number of hydrogen-bond acceptors (Lipinski definition) is 4. The van der Waals surface area contributed by atoms with Crippen molar-refractivity contribution < 1.29 is 14.6 Å². The number of benzene rings is 1. The molecule has 1 N–H and O–H groups in total. The fourth-order valence-electron chi connectivity index (χ4n) is 1.91. The Morgan fingerprint density at radius 2 is 2.10 bits per heavy atom. The molecule has 0 saturated heterocycles. The minimum atomic E-state index is -1.27. The Balaban J connectivity index is 2.57. The second-order valence-corrected chi connectivity index (χ2v) is 4.52. The van der Waals surface area contributed by atoms with Gasteiger partial charge in [0.05, 0.1) is 12.3 Å². The zero-order chi connectivity index (χ0) is 15.4. The predicted molar refractivity (Wildman–Crippen MR) is 77.7 cm³/mol. The quantitative estimate of drug-likeness (QED) is 0.909. The first-order chi connectivity index (χ1) is 10.0. The van der Waals surface area contributed by atoms with Crippen LogP contribution in [-0.4, -0.2) is 27.5 Å². The van der Waals surface area contributed by atoms with E-state index < -0.39 is 11.5 Å². The van der Waals surface area contributed by atoms with Gasteiger partial charge in [-0.05, 0) is 24.6 Å². The second-order valence-electron chi connectivity index (χ2n) is 4.52. The molecule has 0 fully saturated rings. The molecule has 2 rings (SSSR count). The molecule has 0 aliphatic heterocycles. The lowest BCUT2D eigenvalue weighted by atomic mass is 10.1. The maximum Gasteiger partial charge on any atom is 0.341 e. The zero-order valence-electron chi connectivity index (χ0n) is 11.9. The number of para-hydroxylation sites is 1. The van der Waals surface area contributed by atoms with Crippen LogP contribution in [0.3, 0.4) is 0 Å². The highest BCUT2D eigenvalue weighted by atomic mass is 16.5. The summed E-state index contributed by atoms with van der Waals surface area (Å²) in [7, 11) is 1.42. The molecule has 0 aliphatic carbocycles. The van der Waals surface area contributed by atoms with E-state index in [-0.39, 0.29) is 5.56 Å². The van der Waals surface area contributed by atoms with Gasteiger partial charge in [-0.1, -0.05) is 19.1 Å². The summed E-state index contributed by atoms with van der Waals surface area (Å²) in [5, 5.41) is 13.2. The number of hydrogen-bond donors (Lipinski definition) is 1. The second kappa shape index (κ2) is 6.21. The highest BCUT2D eigenvalue weighted by molar-refractivity contribution is 5.88. The number of nitrogens with zero attached hydrogens (tertiary/aromatic N) is 2. The lowest BCUT2D eigenvalue weighted by Gasteiger charge is -2.11. The Bertz CT molecular complexity index is 722. The number of carboxylic acid groups (broad SMARTS) is 1. The molecule has 1 heterocycles. The molecule has 1 aromatic heterocycles. The highest BCUT2D eigenvalue weighted by Crippen LogP contribution is 2.28. The highest BCUT2D eigenvalue weighted by Gasteiger charge is 2.15. The van der Waals surface area contributed by atoms with Gasteiger partial charge in [0.15, 0.2) is 0 Å². The smallest absolute Gasteiger partial charge is 0.341 e. The van der Waals surface area contributed by atoms with Crippen molar-refractivity contribution in [2.24, 2.45) is 7.05 Å². The molecule has 0 unspecified atom stereocenters. The molecule has 0 spiro atoms. The third-order valence-corrected chi connectivity index (χ3v) is 2.92. The fourth-order valence-corrected chi connectivity index (χ4v) is 1.91. The van der Waals surface area contributed by atoms with E-state index in [1.807, 2.05) is 13.0 Å². The number of rotatable bonds is 5. The standard InChI is InChI=1S/C15H16N2O4/c1-3-8-21-13-7-5-4-6-10(13)12-9-11(15(19)20)14(18)17(2)16-12/h4-7,9H,3,8H2,1-2H3,(H,19,20). The lowest BCUT2D eigenvalue weighted by Crippen LogP contribution is -2.26. The molecule has 110 valence electrons. The van der Waals surface area contributed by atoms with Crippen molar-refractivity contribution in [2.75, 3.05) is 6.61 Å². The van der Waals surface area contributed by atoms with Crippen molar-refractivity contribution in [3.63, 3.8) is 0 Å². The summed E-state index contributed by atoms with van der Waals surface area (Å²) in [4.78, 5) is 22.9. The summed E-state index contributed by atoms with van der Waals surface area (Å²) in [5.41, 5.74) is 0.0938. The number of aromatic carboxylic acids is 1. The lowest BCUT2D eigenvalue weighted by molar-refractivity contribution is 0.0694. The number of carbonyl (C=O) groups is 1. The van der Waals surface area contributed by atoms with E-state index in [4.69, 9.17) is 9.84 Å². The van der Waals surface area contributed by atoms with E-state index in [1.165, 1.54) is 13.1 Å². The number of aryl methyl sites for hydroxylation is 1. The van der Waals surface area contributed by atoms with E-state index in [9.17, 15) is 9.59 Å². The molecule has 6 heteroatoms. The average Bonchev–Trinajstić information content (AvgIpc) is 2.47. The van der Waals surface area contributed by atoms with Crippen LogP contribution in [0.15, 0.2) is 35.1 Å². The maximum atomic E-state index is 11.7. The largest absolute Gasteiger partial charge is 0.493 e. The van der Waals surface area contributed by atoms with Crippen LogP contribution in [0, 0.1) is 0 Å². The summed E-state index contributed by atoms with van der Waals surface area (Å²) < 4.78 is 6.66. The molecule has 0 amide bonds. The van der Waals surface area contributed by atoms with Gasteiger partial charge in [-0.25, -0.2) is 9.48 Å². The van der Waals surface area contributed by atoms with E-state index in [0.29, 0.717) is 23.6 Å². The van der Waals surface area contributed by atoms with Gasteiger partial charge in [-0.3, -0.25) is 4.79 Å². The van der Waals surface area contributed by atoms with Crippen molar-refractivity contribution in [2.45, 2.75) is 13.3 Å². The SMILES string of the molecule is CCCOc1ccccc1-c1cc(C(=O)O)c(=O)n(C)n1. The van der Waals surface area contributed by atoms with Gasteiger partial charge in [0, 0.05) is 12.6 Å². The Morgan fingerprint density at radius 1 is 1.38 bits per heavy atom. The summed E-state index contributed by atoms with van der Waals surface area (Å²) in [6, 6.07) is 8.48. The average molecular weight is 288 g/mol.